The third-order valence-corrected chi connectivity index (χ3v) is 6.22. The van der Waals surface area contributed by atoms with Crippen molar-refractivity contribution >= 4 is 15.8 Å². The lowest BCUT2D eigenvalue weighted by Gasteiger charge is -2.34. The summed E-state index contributed by atoms with van der Waals surface area (Å²) in [7, 11) is -3.59. The van der Waals surface area contributed by atoms with Gasteiger partial charge in [0.1, 0.15) is 0 Å². The van der Waals surface area contributed by atoms with Crippen LogP contribution in [-0.4, -0.2) is 52.4 Å². The monoisotopic (exact) mass is 372 g/mol. The van der Waals surface area contributed by atoms with Crippen molar-refractivity contribution in [3.63, 3.8) is 0 Å². The predicted octanol–water partition coefficient (Wildman–Crippen LogP) is 2.19. The molecule has 136 valence electrons. The third-order valence-electron chi connectivity index (χ3n) is 4.39. The fourth-order valence-corrected chi connectivity index (χ4v) is 4.90. The normalized spacial score (nSPS) is 21.9. The predicted molar refractivity (Wildman–Crippen MR) is 97.2 cm³/mol. The van der Waals surface area contributed by atoms with Crippen LogP contribution in [0.1, 0.15) is 13.8 Å². The second kappa shape index (κ2) is 6.46. The number of hydrogen-bond acceptors (Lipinski definition) is 5. The quantitative estimate of drug-likeness (QED) is 0.704. The zero-order valence-electron chi connectivity index (χ0n) is 14.6. The zero-order chi connectivity index (χ0) is 18.3. The minimum atomic E-state index is -3.59. The van der Waals surface area contributed by atoms with E-state index >= 15 is 0 Å². The Balaban J connectivity index is 1.70. The van der Waals surface area contributed by atoms with E-state index < -0.39 is 10.0 Å². The molecule has 0 aliphatic carbocycles. The smallest absolute Gasteiger partial charge is 0.243 e. The van der Waals surface area contributed by atoms with Gasteiger partial charge in [-0.2, -0.15) is 4.31 Å². The maximum atomic E-state index is 13.1. The Labute approximate surface area is 152 Å². The van der Waals surface area contributed by atoms with Crippen LogP contribution in [0.3, 0.4) is 0 Å². The fraction of sp³-hybridized carbons (Fsp3) is 0.333. The highest BCUT2D eigenvalue weighted by Gasteiger charge is 2.32. The van der Waals surface area contributed by atoms with E-state index in [9.17, 15) is 8.42 Å². The van der Waals surface area contributed by atoms with Gasteiger partial charge in [0, 0.05) is 37.2 Å². The number of ether oxygens (including phenoxy) is 1. The minimum Gasteiger partial charge on any atom is -0.373 e. The van der Waals surface area contributed by atoms with Crippen LogP contribution in [-0.2, 0) is 14.8 Å². The zero-order valence-corrected chi connectivity index (χ0v) is 15.4. The van der Waals surface area contributed by atoms with Crippen molar-refractivity contribution in [1.29, 1.82) is 0 Å². The summed E-state index contributed by atoms with van der Waals surface area (Å²) in [5.41, 5.74) is 1.43. The summed E-state index contributed by atoms with van der Waals surface area (Å²) < 4.78 is 35.1. The molecule has 8 heteroatoms. The molecule has 1 aliphatic rings. The number of rotatable bonds is 3. The van der Waals surface area contributed by atoms with Crippen LogP contribution < -0.4 is 0 Å². The van der Waals surface area contributed by atoms with Gasteiger partial charge in [-0.25, -0.2) is 18.4 Å². The summed E-state index contributed by atoms with van der Waals surface area (Å²) in [6.45, 7) is 4.49. The second-order valence-corrected chi connectivity index (χ2v) is 8.50. The highest BCUT2D eigenvalue weighted by Crippen LogP contribution is 2.25. The van der Waals surface area contributed by atoms with Crippen LogP contribution in [0.2, 0.25) is 0 Å². The van der Waals surface area contributed by atoms with Gasteiger partial charge in [-0.3, -0.25) is 4.40 Å². The first-order valence-electron chi connectivity index (χ1n) is 8.49. The van der Waals surface area contributed by atoms with E-state index in [1.807, 2.05) is 42.8 Å². The number of aromatic nitrogens is 3. The lowest BCUT2D eigenvalue weighted by atomic mass is 10.2. The van der Waals surface area contributed by atoms with Crippen molar-refractivity contribution in [3.05, 3.63) is 48.9 Å². The first kappa shape index (κ1) is 17.1. The maximum absolute atomic E-state index is 13.1. The Kier molecular flexibility index (Phi) is 4.26. The fourth-order valence-electron chi connectivity index (χ4n) is 3.26. The molecular weight excluding hydrogens is 352 g/mol. The summed E-state index contributed by atoms with van der Waals surface area (Å²) >= 11 is 0. The van der Waals surface area contributed by atoms with E-state index in [-0.39, 0.29) is 17.1 Å². The van der Waals surface area contributed by atoms with Gasteiger partial charge in [0.25, 0.3) is 0 Å². The third kappa shape index (κ3) is 3.11. The maximum Gasteiger partial charge on any atom is 0.243 e. The number of benzene rings is 1. The van der Waals surface area contributed by atoms with Gasteiger partial charge < -0.3 is 4.74 Å². The molecule has 7 nitrogen and oxygen atoms in total. The lowest BCUT2D eigenvalue weighted by Crippen LogP contribution is -2.48. The van der Waals surface area contributed by atoms with E-state index in [4.69, 9.17) is 4.74 Å². The number of sulfonamides is 1. The van der Waals surface area contributed by atoms with Gasteiger partial charge in [0.2, 0.25) is 15.8 Å². The van der Waals surface area contributed by atoms with Gasteiger partial charge in [0.05, 0.1) is 22.8 Å². The minimum absolute atomic E-state index is 0.124. The van der Waals surface area contributed by atoms with Crippen molar-refractivity contribution in [1.82, 2.24) is 18.7 Å². The summed E-state index contributed by atoms with van der Waals surface area (Å²) in [6.07, 6.45) is 5.12. The van der Waals surface area contributed by atoms with Crippen molar-refractivity contribution in [2.24, 2.45) is 0 Å². The van der Waals surface area contributed by atoms with Crippen molar-refractivity contribution in [3.8, 4) is 11.3 Å². The lowest BCUT2D eigenvalue weighted by molar-refractivity contribution is -0.0440. The topological polar surface area (TPSA) is 76.8 Å². The first-order chi connectivity index (χ1) is 12.4. The molecular formula is C18H20N4O3S. The molecule has 0 spiro atoms. The molecule has 3 aromatic rings. The Morgan fingerprint density at radius 2 is 1.92 bits per heavy atom. The van der Waals surface area contributed by atoms with Gasteiger partial charge >= 0.3 is 0 Å². The Hall–Kier alpha value is -2.29. The summed E-state index contributed by atoms with van der Waals surface area (Å²) in [5.74, 6) is 0.576. The van der Waals surface area contributed by atoms with E-state index in [2.05, 4.69) is 9.97 Å². The summed E-state index contributed by atoms with van der Waals surface area (Å²) in [6, 6.07) is 8.71. The standard InChI is InChI=1S/C18H20N4O3S/c1-13-10-22(11-14(2)25-13)26(23,24)16-6-3-5-15(9-16)17-12-21-8-4-7-19-18(21)20-17/h3-9,12-14H,10-11H2,1-2H3/t13-,14-/m0/s1. The van der Waals surface area contributed by atoms with E-state index in [0.717, 1.165) is 5.56 Å². The largest absolute Gasteiger partial charge is 0.373 e. The molecule has 26 heavy (non-hydrogen) atoms. The average Bonchev–Trinajstić information content (AvgIpc) is 3.05. The molecule has 0 radical (unpaired) electrons. The molecule has 2 atom stereocenters. The van der Waals surface area contributed by atoms with Crippen LogP contribution in [0, 0.1) is 0 Å². The number of fused-ring (bicyclic) bond motifs is 1. The highest BCUT2D eigenvalue weighted by molar-refractivity contribution is 7.89. The van der Waals surface area contributed by atoms with Crippen LogP contribution in [0.15, 0.2) is 53.8 Å². The molecule has 0 bridgehead atoms. The first-order valence-corrected chi connectivity index (χ1v) is 9.93. The Morgan fingerprint density at radius 3 is 2.65 bits per heavy atom. The number of morpholine rings is 1. The van der Waals surface area contributed by atoms with Gasteiger partial charge in [-0.15, -0.1) is 0 Å². The van der Waals surface area contributed by atoms with Crippen LogP contribution >= 0.6 is 0 Å². The number of imidazole rings is 1. The molecule has 3 heterocycles. The Bertz CT molecular complexity index is 1000. The van der Waals surface area contributed by atoms with Gasteiger partial charge in [-0.1, -0.05) is 12.1 Å². The number of nitrogens with zero attached hydrogens (tertiary/aromatic N) is 4. The van der Waals surface area contributed by atoms with Gasteiger partial charge in [0.15, 0.2) is 0 Å². The molecule has 0 N–H and O–H groups in total. The van der Waals surface area contributed by atoms with Crippen molar-refractivity contribution < 1.29 is 13.2 Å². The van der Waals surface area contributed by atoms with Gasteiger partial charge in [-0.05, 0) is 32.0 Å². The van der Waals surface area contributed by atoms with E-state index in [0.29, 0.717) is 24.6 Å². The Morgan fingerprint density at radius 1 is 1.15 bits per heavy atom. The molecule has 1 aromatic carbocycles. The molecule has 0 amide bonds. The van der Waals surface area contributed by atoms with Crippen LogP contribution in [0.25, 0.3) is 17.0 Å². The molecule has 1 saturated heterocycles. The van der Waals surface area contributed by atoms with E-state index in [1.165, 1.54) is 4.31 Å². The summed E-state index contributed by atoms with van der Waals surface area (Å²) in [4.78, 5) is 8.93. The average molecular weight is 372 g/mol. The second-order valence-electron chi connectivity index (χ2n) is 6.56. The molecule has 0 saturated carbocycles. The molecule has 4 rings (SSSR count). The summed E-state index contributed by atoms with van der Waals surface area (Å²) in [5, 5.41) is 0. The SMILES string of the molecule is C[C@H]1CN(S(=O)(=O)c2cccc(-c3cn4cccnc4n3)c2)C[C@H](C)O1. The van der Waals surface area contributed by atoms with Crippen molar-refractivity contribution in [2.75, 3.05) is 13.1 Å². The van der Waals surface area contributed by atoms with Crippen LogP contribution in [0.5, 0.6) is 0 Å². The van der Waals surface area contributed by atoms with Crippen molar-refractivity contribution in [2.45, 2.75) is 31.0 Å². The molecule has 0 unspecified atom stereocenters. The highest BCUT2D eigenvalue weighted by atomic mass is 32.2. The molecule has 1 fully saturated rings. The molecule has 2 aromatic heterocycles. The number of hydrogen-bond donors (Lipinski definition) is 0. The van der Waals surface area contributed by atoms with Crippen LogP contribution in [0.4, 0.5) is 0 Å². The van der Waals surface area contributed by atoms with E-state index in [1.54, 1.807) is 24.4 Å². The molecule has 1 aliphatic heterocycles.